The van der Waals surface area contributed by atoms with Crippen molar-refractivity contribution in [1.82, 2.24) is 4.57 Å². The van der Waals surface area contributed by atoms with Gasteiger partial charge in [0.15, 0.2) is 0 Å². The molecule has 3 rings (SSSR count). The van der Waals surface area contributed by atoms with Crippen molar-refractivity contribution < 1.29 is 4.79 Å². The Labute approximate surface area is 108 Å². The Morgan fingerprint density at radius 3 is 2.83 bits per heavy atom. The van der Waals surface area contributed by atoms with E-state index in [1.54, 1.807) is 0 Å². The molecule has 0 spiro atoms. The highest BCUT2D eigenvalue weighted by atomic mass is 16.1. The van der Waals surface area contributed by atoms with Crippen molar-refractivity contribution in [2.45, 2.75) is 38.5 Å². The number of aryl methyl sites for hydroxylation is 2. The molecule has 18 heavy (non-hydrogen) atoms. The third kappa shape index (κ3) is 1.76. The summed E-state index contributed by atoms with van der Waals surface area (Å²) < 4.78 is 2.20. The van der Waals surface area contributed by atoms with Crippen molar-refractivity contribution in [1.29, 1.82) is 0 Å². The Morgan fingerprint density at radius 1 is 1.22 bits per heavy atom. The van der Waals surface area contributed by atoms with Gasteiger partial charge in [-0.15, -0.1) is 0 Å². The van der Waals surface area contributed by atoms with Crippen molar-refractivity contribution in [2.24, 2.45) is 7.05 Å². The van der Waals surface area contributed by atoms with Gasteiger partial charge >= 0.3 is 0 Å². The van der Waals surface area contributed by atoms with Gasteiger partial charge in [0.05, 0.1) is 5.92 Å². The lowest BCUT2D eigenvalue weighted by atomic mass is 9.85. The van der Waals surface area contributed by atoms with E-state index in [4.69, 9.17) is 0 Å². The lowest BCUT2D eigenvalue weighted by Crippen LogP contribution is -2.19. The van der Waals surface area contributed by atoms with Crippen LogP contribution in [0.5, 0.6) is 0 Å². The summed E-state index contributed by atoms with van der Waals surface area (Å²) in [6.07, 6.45) is 4.02. The number of Topliss-reactive ketones (excluding diaryl/α,β-unsaturated/α-hetero) is 1. The molecule has 0 amide bonds. The van der Waals surface area contributed by atoms with Crippen LogP contribution in [0.1, 0.15) is 42.9 Å². The topological polar surface area (TPSA) is 22.0 Å². The van der Waals surface area contributed by atoms with Crippen LogP contribution in [0.2, 0.25) is 0 Å². The van der Waals surface area contributed by atoms with Crippen LogP contribution in [0.3, 0.4) is 0 Å². The first kappa shape index (κ1) is 11.5. The molecule has 0 saturated heterocycles. The zero-order chi connectivity index (χ0) is 12.7. The van der Waals surface area contributed by atoms with Crippen molar-refractivity contribution in [3.8, 4) is 0 Å². The number of aromatic nitrogens is 1. The van der Waals surface area contributed by atoms with E-state index in [0.717, 1.165) is 19.3 Å². The monoisotopic (exact) mass is 241 g/mol. The summed E-state index contributed by atoms with van der Waals surface area (Å²) in [6.45, 7) is 2.11. The molecule has 94 valence electrons. The summed E-state index contributed by atoms with van der Waals surface area (Å²) in [5.74, 6) is 0.542. The van der Waals surface area contributed by atoms with Crippen LogP contribution in [0.25, 0.3) is 10.9 Å². The van der Waals surface area contributed by atoms with Crippen LogP contribution in [0.15, 0.2) is 24.3 Å². The second-order valence-corrected chi connectivity index (χ2v) is 5.46. The smallest absolute Gasteiger partial charge is 0.141 e. The summed E-state index contributed by atoms with van der Waals surface area (Å²) in [5.41, 5.74) is 3.70. The summed E-state index contributed by atoms with van der Waals surface area (Å²) in [4.78, 5) is 12.1. The maximum Gasteiger partial charge on any atom is 0.141 e. The Kier molecular flexibility index (Phi) is 2.73. The molecule has 0 bridgehead atoms. The van der Waals surface area contributed by atoms with Crippen LogP contribution in [-0.4, -0.2) is 10.4 Å². The first-order valence-electron chi connectivity index (χ1n) is 6.75. The maximum atomic E-state index is 12.1. The Balaban J connectivity index is 2.11. The molecule has 1 atom stereocenters. The maximum absolute atomic E-state index is 12.1. The van der Waals surface area contributed by atoms with Crippen LogP contribution in [-0.2, 0) is 11.8 Å². The van der Waals surface area contributed by atoms with E-state index < -0.39 is 0 Å². The zero-order valence-corrected chi connectivity index (χ0v) is 11.1. The number of hydrogen-bond acceptors (Lipinski definition) is 1. The van der Waals surface area contributed by atoms with Gasteiger partial charge in [-0.25, -0.2) is 0 Å². The third-order valence-electron chi connectivity index (χ3n) is 4.15. The lowest BCUT2D eigenvalue weighted by Gasteiger charge is -2.21. The van der Waals surface area contributed by atoms with Gasteiger partial charge in [0.25, 0.3) is 0 Å². The van der Waals surface area contributed by atoms with Crippen molar-refractivity contribution in [3.63, 3.8) is 0 Å². The number of nitrogens with zero attached hydrogens (tertiary/aromatic N) is 1. The van der Waals surface area contributed by atoms with Gasteiger partial charge in [0, 0.05) is 30.1 Å². The van der Waals surface area contributed by atoms with Gasteiger partial charge in [-0.2, -0.15) is 0 Å². The summed E-state index contributed by atoms with van der Waals surface area (Å²) >= 11 is 0. The van der Waals surface area contributed by atoms with E-state index >= 15 is 0 Å². The molecule has 0 N–H and O–H groups in total. The predicted octanol–water partition coefficient (Wildman–Crippen LogP) is 3.71. The molecule has 2 heteroatoms. The van der Waals surface area contributed by atoms with Crippen LogP contribution >= 0.6 is 0 Å². The normalized spacial score (nSPS) is 20.6. The van der Waals surface area contributed by atoms with E-state index in [9.17, 15) is 4.79 Å². The number of ketones is 1. The average Bonchev–Trinajstić information content (AvgIpc) is 2.67. The third-order valence-corrected chi connectivity index (χ3v) is 4.15. The second-order valence-electron chi connectivity index (χ2n) is 5.46. The molecule has 1 saturated carbocycles. The molecule has 1 heterocycles. The Hall–Kier alpha value is -1.57. The van der Waals surface area contributed by atoms with E-state index in [1.807, 2.05) is 0 Å². The minimum Gasteiger partial charge on any atom is -0.347 e. The van der Waals surface area contributed by atoms with Gasteiger partial charge in [0.2, 0.25) is 0 Å². The van der Waals surface area contributed by atoms with Crippen LogP contribution in [0.4, 0.5) is 0 Å². The molecule has 1 aliphatic rings. The zero-order valence-electron chi connectivity index (χ0n) is 11.1. The van der Waals surface area contributed by atoms with Crippen molar-refractivity contribution in [2.75, 3.05) is 0 Å². The minimum atomic E-state index is 0.122. The molecule has 1 fully saturated rings. The first-order valence-corrected chi connectivity index (χ1v) is 6.75. The van der Waals surface area contributed by atoms with E-state index in [1.165, 1.54) is 28.6 Å². The number of hydrogen-bond donors (Lipinski definition) is 0. The van der Waals surface area contributed by atoms with Gasteiger partial charge in [-0.05, 0) is 38.0 Å². The molecule has 1 aromatic heterocycles. The quantitative estimate of drug-likeness (QED) is 0.746. The molecule has 0 aliphatic heterocycles. The molecule has 2 nitrogen and oxygen atoms in total. The molecule has 0 radical (unpaired) electrons. The number of rotatable bonds is 1. The average molecular weight is 241 g/mol. The molecule has 1 unspecified atom stereocenters. The highest BCUT2D eigenvalue weighted by Gasteiger charge is 2.26. The fourth-order valence-electron chi connectivity index (χ4n) is 3.12. The Bertz CT molecular complexity index is 609. The largest absolute Gasteiger partial charge is 0.347 e. The predicted molar refractivity (Wildman–Crippen MR) is 73.9 cm³/mol. The van der Waals surface area contributed by atoms with Gasteiger partial charge in [-0.3, -0.25) is 4.79 Å². The van der Waals surface area contributed by atoms with Crippen molar-refractivity contribution in [3.05, 3.63) is 35.5 Å². The molecular weight excluding hydrogens is 222 g/mol. The van der Waals surface area contributed by atoms with Crippen molar-refractivity contribution >= 4 is 16.7 Å². The highest BCUT2D eigenvalue weighted by Crippen LogP contribution is 2.33. The number of carbonyl (C=O) groups is 1. The summed E-state index contributed by atoms with van der Waals surface area (Å²) in [6, 6.07) is 8.69. The van der Waals surface area contributed by atoms with E-state index in [-0.39, 0.29) is 5.92 Å². The first-order chi connectivity index (χ1) is 8.66. The molecular formula is C16H19NO. The Morgan fingerprint density at radius 2 is 2.06 bits per heavy atom. The second kappa shape index (κ2) is 4.27. The number of benzene rings is 1. The summed E-state index contributed by atoms with van der Waals surface area (Å²) in [5, 5.41) is 1.26. The fraction of sp³-hybridized carbons (Fsp3) is 0.438. The number of carbonyl (C=O) groups excluding carboxylic acids is 1. The van der Waals surface area contributed by atoms with Crippen LogP contribution < -0.4 is 0 Å². The van der Waals surface area contributed by atoms with Crippen LogP contribution in [0, 0.1) is 6.92 Å². The van der Waals surface area contributed by atoms with Gasteiger partial charge < -0.3 is 4.57 Å². The standard InChI is InChI=1S/C16H19NO/c1-11-7-8-14-12(9-11)10-15(17(14)2)13-5-3-4-6-16(13)18/h7-10,13H,3-6H2,1-2H3. The number of fused-ring (bicyclic) bond motifs is 1. The molecule has 2 aromatic rings. The SMILES string of the molecule is Cc1ccc2c(c1)cc(C1CCCCC1=O)n2C. The summed E-state index contributed by atoms with van der Waals surface area (Å²) in [7, 11) is 2.08. The minimum absolute atomic E-state index is 0.122. The van der Waals surface area contributed by atoms with E-state index in [0.29, 0.717) is 5.78 Å². The highest BCUT2D eigenvalue weighted by molar-refractivity contribution is 5.89. The van der Waals surface area contributed by atoms with Gasteiger partial charge in [0.1, 0.15) is 5.78 Å². The van der Waals surface area contributed by atoms with E-state index in [2.05, 4.69) is 42.8 Å². The molecule has 1 aromatic carbocycles. The molecule has 1 aliphatic carbocycles. The fourth-order valence-corrected chi connectivity index (χ4v) is 3.12. The lowest BCUT2D eigenvalue weighted by molar-refractivity contribution is -0.122. The van der Waals surface area contributed by atoms with Gasteiger partial charge in [-0.1, -0.05) is 18.1 Å².